The van der Waals surface area contributed by atoms with Gasteiger partial charge >= 0.3 is 0 Å². The molecule has 25 heavy (non-hydrogen) atoms. The maximum atomic E-state index is 12.6. The Labute approximate surface area is 149 Å². The highest BCUT2D eigenvalue weighted by molar-refractivity contribution is 7.10. The Balaban J connectivity index is 1.89. The number of fused-ring (bicyclic) bond motifs is 1. The van der Waals surface area contributed by atoms with Crippen molar-refractivity contribution in [3.63, 3.8) is 0 Å². The van der Waals surface area contributed by atoms with Gasteiger partial charge in [0.25, 0.3) is 5.91 Å². The van der Waals surface area contributed by atoms with Crippen LogP contribution >= 0.6 is 11.3 Å². The largest absolute Gasteiger partial charge is 0.343 e. The standard InChI is InChI=1S/C18H20N4O2S/c1-4-6-14(16-7-5-8-25-16)20-18(24)15-9-17-19-10-13(12(3)23)11(2)22(17)21-15/h5,7-10,14H,4,6H2,1-3H3,(H,20,24)/t14-/m0/s1. The van der Waals surface area contributed by atoms with Crippen LogP contribution in [-0.2, 0) is 0 Å². The van der Waals surface area contributed by atoms with Gasteiger partial charge in [-0.3, -0.25) is 9.59 Å². The molecule has 0 bridgehead atoms. The number of carbonyl (C=O) groups excluding carboxylic acids is 2. The average molecular weight is 356 g/mol. The Morgan fingerprint density at radius 2 is 2.20 bits per heavy atom. The Hall–Kier alpha value is -2.54. The van der Waals surface area contributed by atoms with Gasteiger partial charge in [0.1, 0.15) is 0 Å². The first-order chi connectivity index (χ1) is 12.0. The third-order valence-electron chi connectivity index (χ3n) is 4.11. The SMILES string of the molecule is CCC[C@H](NC(=O)c1cc2ncc(C(C)=O)c(C)n2n1)c1cccs1. The van der Waals surface area contributed by atoms with E-state index in [1.165, 1.54) is 13.1 Å². The third kappa shape index (κ3) is 3.46. The molecule has 1 atom stereocenters. The summed E-state index contributed by atoms with van der Waals surface area (Å²) in [7, 11) is 0. The number of nitrogens with one attached hydrogen (secondary N) is 1. The van der Waals surface area contributed by atoms with Crippen LogP contribution in [0.1, 0.15) is 64.1 Å². The second-order valence-electron chi connectivity index (χ2n) is 5.94. The lowest BCUT2D eigenvalue weighted by Crippen LogP contribution is -2.28. The summed E-state index contributed by atoms with van der Waals surface area (Å²) < 4.78 is 1.55. The van der Waals surface area contributed by atoms with Crippen LogP contribution in [-0.4, -0.2) is 26.3 Å². The molecule has 0 fully saturated rings. The maximum Gasteiger partial charge on any atom is 0.272 e. The molecule has 0 aliphatic heterocycles. The van der Waals surface area contributed by atoms with E-state index in [1.807, 2.05) is 17.5 Å². The van der Waals surface area contributed by atoms with E-state index in [1.54, 1.807) is 28.8 Å². The van der Waals surface area contributed by atoms with E-state index >= 15 is 0 Å². The highest BCUT2D eigenvalue weighted by Gasteiger charge is 2.19. The van der Waals surface area contributed by atoms with Crippen molar-refractivity contribution in [3.8, 4) is 0 Å². The number of hydrogen-bond acceptors (Lipinski definition) is 5. The van der Waals surface area contributed by atoms with Gasteiger partial charge in [0.2, 0.25) is 0 Å². The molecule has 0 spiro atoms. The fraction of sp³-hybridized carbons (Fsp3) is 0.333. The van der Waals surface area contributed by atoms with Gasteiger partial charge in [0, 0.05) is 17.1 Å². The van der Waals surface area contributed by atoms with Crippen LogP contribution in [0.25, 0.3) is 5.65 Å². The number of nitrogens with zero attached hydrogens (tertiary/aromatic N) is 3. The van der Waals surface area contributed by atoms with Gasteiger partial charge in [-0.25, -0.2) is 9.50 Å². The summed E-state index contributed by atoms with van der Waals surface area (Å²) in [6, 6.07) is 5.63. The van der Waals surface area contributed by atoms with Crippen molar-refractivity contribution in [3.05, 3.63) is 51.6 Å². The van der Waals surface area contributed by atoms with Crippen LogP contribution in [0.4, 0.5) is 0 Å². The predicted molar refractivity (Wildman–Crippen MR) is 97.2 cm³/mol. The van der Waals surface area contributed by atoms with Crippen molar-refractivity contribution in [2.45, 2.75) is 39.7 Å². The van der Waals surface area contributed by atoms with Gasteiger partial charge in [-0.15, -0.1) is 11.3 Å². The van der Waals surface area contributed by atoms with Gasteiger partial charge in [0.05, 0.1) is 17.3 Å². The number of hydrogen-bond donors (Lipinski definition) is 1. The molecule has 6 nitrogen and oxygen atoms in total. The molecule has 3 rings (SSSR count). The molecule has 3 aromatic heterocycles. The van der Waals surface area contributed by atoms with Crippen LogP contribution in [0.3, 0.4) is 0 Å². The molecule has 1 N–H and O–H groups in total. The molecule has 0 aliphatic carbocycles. The molecular formula is C18H20N4O2S. The van der Waals surface area contributed by atoms with Crippen LogP contribution < -0.4 is 5.32 Å². The molecule has 0 unspecified atom stereocenters. The van der Waals surface area contributed by atoms with Crippen LogP contribution in [0.5, 0.6) is 0 Å². The highest BCUT2D eigenvalue weighted by atomic mass is 32.1. The number of amides is 1. The molecular weight excluding hydrogens is 336 g/mol. The number of thiophene rings is 1. The summed E-state index contributed by atoms with van der Waals surface area (Å²) in [4.78, 5) is 29.7. The first-order valence-corrected chi connectivity index (χ1v) is 9.09. The zero-order valence-corrected chi connectivity index (χ0v) is 15.3. The summed E-state index contributed by atoms with van der Waals surface area (Å²) >= 11 is 1.63. The highest BCUT2D eigenvalue weighted by Crippen LogP contribution is 2.23. The predicted octanol–water partition coefficient (Wildman–Crippen LogP) is 3.57. The zero-order valence-electron chi connectivity index (χ0n) is 14.4. The fourth-order valence-corrected chi connectivity index (χ4v) is 3.61. The maximum absolute atomic E-state index is 12.6. The van der Waals surface area contributed by atoms with Crippen molar-refractivity contribution in [2.24, 2.45) is 0 Å². The topological polar surface area (TPSA) is 76.4 Å². The normalized spacial score (nSPS) is 12.3. The van der Waals surface area contributed by atoms with Gasteiger partial charge in [-0.2, -0.15) is 5.10 Å². The number of carbonyl (C=O) groups is 2. The molecule has 7 heteroatoms. The van der Waals surface area contributed by atoms with E-state index < -0.39 is 0 Å². The first-order valence-electron chi connectivity index (χ1n) is 8.21. The molecule has 3 heterocycles. The van der Waals surface area contributed by atoms with Gasteiger partial charge in [-0.1, -0.05) is 19.4 Å². The fourth-order valence-electron chi connectivity index (χ4n) is 2.80. The number of aryl methyl sites for hydroxylation is 1. The molecule has 130 valence electrons. The first kappa shape index (κ1) is 17.3. The number of Topliss-reactive ketones (excluding diaryl/α,β-unsaturated/α-hetero) is 1. The monoisotopic (exact) mass is 356 g/mol. The summed E-state index contributed by atoms with van der Waals surface area (Å²) in [5, 5.41) is 9.40. The van der Waals surface area contributed by atoms with Crippen LogP contribution in [0.15, 0.2) is 29.8 Å². The lowest BCUT2D eigenvalue weighted by atomic mass is 10.1. The van der Waals surface area contributed by atoms with Crippen molar-refractivity contribution < 1.29 is 9.59 Å². The number of aromatic nitrogens is 3. The molecule has 3 aromatic rings. The van der Waals surface area contributed by atoms with E-state index in [4.69, 9.17) is 0 Å². The Morgan fingerprint density at radius 1 is 1.40 bits per heavy atom. The Morgan fingerprint density at radius 3 is 2.84 bits per heavy atom. The van der Waals surface area contributed by atoms with E-state index in [-0.39, 0.29) is 17.7 Å². The van der Waals surface area contributed by atoms with E-state index in [9.17, 15) is 9.59 Å². The second kappa shape index (κ2) is 7.14. The third-order valence-corrected chi connectivity index (χ3v) is 5.09. The lowest BCUT2D eigenvalue weighted by Gasteiger charge is -2.15. The van der Waals surface area contributed by atoms with Crippen LogP contribution in [0.2, 0.25) is 0 Å². The molecule has 0 saturated heterocycles. The minimum absolute atomic E-state index is 0.0239. The number of ketones is 1. The van der Waals surface area contributed by atoms with Crippen molar-refractivity contribution in [1.29, 1.82) is 0 Å². The summed E-state index contributed by atoms with van der Waals surface area (Å²) in [6.07, 6.45) is 3.37. The molecule has 1 amide bonds. The average Bonchev–Trinajstić information content (AvgIpc) is 3.24. The molecule has 0 radical (unpaired) electrons. The molecule has 0 aliphatic rings. The van der Waals surface area contributed by atoms with Crippen LogP contribution in [0, 0.1) is 6.92 Å². The summed E-state index contributed by atoms with van der Waals surface area (Å²) in [5.74, 6) is -0.310. The Kier molecular flexibility index (Phi) is 4.94. The van der Waals surface area contributed by atoms with E-state index in [2.05, 4.69) is 22.3 Å². The van der Waals surface area contributed by atoms with E-state index in [0.29, 0.717) is 22.6 Å². The summed E-state index contributed by atoms with van der Waals surface area (Å²) in [5.41, 5.74) is 2.04. The number of rotatable bonds is 6. The molecule has 0 aromatic carbocycles. The van der Waals surface area contributed by atoms with Gasteiger partial charge in [0.15, 0.2) is 17.1 Å². The zero-order chi connectivity index (χ0) is 18.0. The van der Waals surface area contributed by atoms with E-state index in [0.717, 1.165) is 17.7 Å². The second-order valence-corrected chi connectivity index (χ2v) is 6.92. The van der Waals surface area contributed by atoms with Gasteiger partial charge in [-0.05, 0) is 31.7 Å². The smallest absolute Gasteiger partial charge is 0.272 e. The Bertz CT molecular complexity index is 915. The quantitative estimate of drug-likeness (QED) is 0.685. The lowest BCUT2D eigenvalue weighted by molar-refractivity contribution is 0.0929. The van der Waals surface area contributed by atoms with Crippen molar-refractivity contribution in [2.75, 3.05) is 0 Å². The van der Waals surface area contributed by atoms with Crippen molar-refractivity contribution >= 4 is 28.7 Å². The summed E-state index contributed by atoms with van der Waals surface area (Å²) in [6.45, 7) is 5.38. The minimum atomic E-state index is -0.235. The molecule has 0 saturated carbocycles. The van der Waals surface area contributed by atoms with Crippen molar-refractivity contribution in [1.82, 2.24) is 19.9 Å². The van der Waals surface area contributed by atoms with Gasteiger partial charge < -0.3 is 5.32 Å². The minimum Gasteiger partial charge on any atom is -0.343 e.